The lowest BCUT2D eigenvalue weighted by atomic mass is 10.1. The van der Waals surface area contributed by atoms with Gasteiger partial charge in [-0.15, -0.1) is 11.3 Å². The number of rotatable bonds is 3. The van der Waals surface area contributed by atoms with E-state index in [1.54, 1.807) is 17.5 Å². The number of ether oxygens (including phenoxy) is 2. The maximum atomic E-state index is 5.81. The van der Waals surface area contributed by atoms with Crippen molar-refractivity contribution in [1.82, 2.24) is 19.5 Å². The molecule has 0 saturated carbocycles. The number of fused-ring (bicyclic) bond motifs is 1. The van der Waals surface area contributed by atoms with Gasteiger partial charge in [-0.05, 0) is 37.6 Å². The summed E-state index contributed by atoms with van der Waals surface area (Å²) in [5.74, 6) is 0. The van der Waals surface area contributed by atoms with Gasteiger partial charge in [0.05, 0.1) is 40.7 Å². The first kappa shape index (κ1) is 17.5. The lowest BCUT2D eigenvalue weighted by Gasteiger charge is -2.23. The molecule has 0 unspecified atom stereocenters. The zero-order valence-corrected chi connectivity index (χ0v) is 16.6. The van der Waals surface area contributed by atoms with E-state index in [4.69, 9.17) is 19.4 Å². The molecule has 1 saturated heterocycles. The van der Waals surface area contributed by atoms with Crippen molar-refractivity contribution in [2.75, 3.05) is 13.2 Å². The molecule has 5 heterocycles. The zero-order valence-electron chi connectivity index (χ0n) is 15.8. The van der Waals surface area contributed by atoms with Gasteiger partial charge in [-0.2, -0.15) is 0 Å². The number of hydrogen-bond donors (Lipinski definition) is 0. The Kier molecular flexibility index (Phi) is 4.43. The Morgan fingerprint density at radius 3 is 2.82 bits per heavy atom. The van der Waals surface area contributed by atoms with E-state index in [1.807, 2.05) is 32.3 Å². The second-order valence-corrected chi connectivity index (χ2v) is 7.86. The molecule has 7 heteroatoms. The highest BCUT2D eigenvalue weighted by molar-refractivity contribution is 7.18. The largest absolute Gasteiger partial charge is 0.350 e. The molecule has 1 fully saturated rings. The summed E-state index contributed by atoms with van der Waals surface area (Å²) < 4.78 is 13.7. The highest BCUT2D eigenvalue weighted by atomic mass is 32.1. The fraction of sp³-hybridized carbons (Fsp3) is 0.286. The fourth-order valence-corrected chi connectivity index (χ4v) is 4.52. The van der Waals surface area contributed by atoms with Crippen molar-refractivity contribution >= 4 is 22.2 Å². The highest BCUT2D eigenvalue weighted by Crippen LogP contribution is 2.39. The topological polar surface area (TPSA) is 62.1 Å². The smallest absolute Gasteiger partial charge is 0.201 e. The van der Waals surface area contributed by atoms with E-state index < -0.39 is 6.29 Å². The van der Waals surface area contributed by atoms with E-state index in [1.165, 1.54) is 0 Å². The Labute approximate surface area is 166 Å². The Morgan fingerprint density at radius 2 is 2.04 bits per heavy atom. The molecule has 142 valence electrons. The van der Waals surface area contributed by atoms with Crippen molar-refractivity contribution in [3.05, 3.63) is 54.2 Å². The monoisotopic (exact) mass is 392 g/mol. The predicted octanol–water partition coefficient (Wildman–Crippen LogP) is 4.50. The number of thiazole rings is 1. The predicted molar refractivity (Wildman–Crippen MR) is 109 cm³/mol. The maximum absolute atomic E-state index is 5.81. The van der Waals surface area contributed by atoms with Gasteiger partial charge < -0.3 is 14.0 Å². The highest BCUT2D eigenvalue weighted by Gasteiger charge is 2.23. The van der Waals surface area contributed by atoms with Crippen LogP contribution in [-0.4, -0.2) is 32.7 Å². The molecule has 0 bridgehead atoms. The fourth-order valence-electron chi connectivity index (χ4n) is 3.46. The zero-order chi connectivity index (χ0) is 19.1. The molecular weight excluding hydrogens is 372 g/mol. The first-order valence-corrected chi connectivity index (χ1v) is 10.1. The molecule has 0 N–H and O–H groups in total. The van der Waals surface area contributed by atoms with Crippen molar-refractivity contribution in [1.29, 1.82) is 0 Å². The number of hydrogen-bond acceptors (Lipinski definition) is 6. The molecule has 0 spiro atoms. The van der Waals surface area contributed by atoms with Crippen LogP contribution in [0.1, 0.15) is 24.1 Å². The van der Waals surface area contributed by atoms with Crippen LogP contribution < -0.4 is 0 Å². The lowest BCUT2D eigenvalue weighted by Crippen LogP contribution is -2.19. The summed E-state index contributed by atoms with van der Waals surface area (Å²) in [5.41, 5.74) is 4.81. The van der Waals surface area contributed by atoms with Gasteiger partial charge in [0, 0.05) is 36.6 Å². The van der Waals surface area contributed by atoms with Gasteiger partial charge in [-0.3, -0.25) is 4.98 Å². The van der Waals surface area contributed by atoms with Crippen LogP contribution in [0, 0.1) is 6.92 Å². The van der Waals surface area contributed by atoms with Gasteiger partial charge in [0.1, 0.15) is 5.01 Å². The molecule has 0 aliphatic carbocycles. The summed E-state index contributed by atoms with van der Waals surface area (Å²) in [4.78, 5) is 15.0. The third-order valence-electron chi connectivity index (χ3n) is 4.89. The molecule has 0 radical (unpaired) electrons. The minimum atomic E-state index is -0.419. The Balaban J connectivity index is 1.67. The van der Waals surface area contributed by atoms with Crippen LogP contribution in [0.5, 0.6) is 0 Å². The quantitative estimate of drug-likeness (QED) is 0.514. The van der Waals surface area contributed by atoms with Crippen LogP contribution in [0.3, 0.4) is 0 Å². The second-order valence-electron chi connectivity index (χ2n) is 6.86. The van der Waals surface area contributed by atoms with Crippen molar-refractivity contribution in [2.24, 2.45) is 7.05 Å². The summed E-state index contributed by atoms with van der Waals surface area (Å²) in [5, 5.41) is 2.05. The average molecular weight is 392 g/mol. The first-order chi connectivity index (χ1) is 13.7. The second kappa shape index (κ2) is 7.09. The minimum Gasteiger partial charge on any atom is -0.350 e. The van der Waals surface area contributed by atoms with Crippen LogP contribution in [-0.2, 0) is 16.5 Å². The third-order valence-corrected chi connectivity index (χ3v) is 6.10. The van der Waals surface area contributed by atoms with Crippen LogP contribution in [0.15, 0.2) is 42.9 Å². The number of aryl methyl sites for hydroxylation is 2. The Bertz CT molecular complexity index is 1130. The molecule has 6 nitrogen and oxygen atoms in total. The van der Waals surface area contributed by atoms with E-state index in [-0.39, 0.29) is 0 Å². The normalized spacial score (nSPS) is 15.4. The molecular formula is C21H20N4O2S. The van der Waals surface area contributed by atoms with Crippen LogP contribution >= 0.6 is 11.3 Å². The molecule has 0 aromatic carbocycles. The summed E-state index contributed by atoms with van der Waals surface area (Å²) in [7, 11) is 2.04. The standard InChI is InChI=1S/C21H20N4O2S/c1-13-19(28-20(23-13)14-5-3-7-22-12-14)18-15-6-8-25(2)17(15)11-16(24-18)21-26-9-4-10-27-21/h3,5-8,11-12,21H,4,9-10H2,1-2H3. The number of nitrogens with zero attached hydrogens (tertiary/aromatic N) is 4. The van der Waals surface area contributed by atoms with E-state index in [0.717, 1.165) is 49.9 Å². The Morgan fingerprint density at radius 1 is 1.18 bits per heavy atom. The molecule has 28 heavy (non-hydrogen) atoms. The molecule has 5 rings (SSSR count). The van der Waals surface area contributed by atoms with Gasteiger partial charge >= 0.3 is 0 Å². The SMILES string of the molecule is Cc1nc(-c2cccnc2)sc1-c1nc(C2OCCCO2)cc2c1ccn2C. The summed E-state index contributed by atoms with van der Waals surface area (Å²) in [6.07, 6.45) is 6.16. The first-order valence-electron chi connectivity index (χ1n) is 9.28. The molecule has 1 aliphatic rings. The van der Waals surface area contributed by atoms with Gasteiger partial charge in [0.15, 0.2) is 0 Å². The van der Waals surface area contributed by atoms with Crippen molar-refractivity contribution in [3.63, 3.8) is 0 Å². The summed E-state index contributed by atoms with van der Waals surface area (Å²) >= 11 is 1.64. The van der Waals surface area contributed by atoms with E-state index in [0.29, 0.717) is 13.2 Å². The van der Waals surface area contributed by atoms with Gasteiger partial charge in [-0.1, -0.05) is 0 Å². The van der Waals surface area contributed by atoms with Crippen LogP contribution in [0.25, 0.3) is 32.0 Å². The average Bonchev–Trinajstić information content (AvgIpc) is 3.32. The van der Waals surface area contributed by atoms with E-state index in [9.17, 15) is 0 Å². The third kappa shape index (κ3) is 3.01. The Hall–Kier alpha value is -2.61. The van der Waals surface area contributed by atoms with Gasteiger partial charge in [0.2, 0.25) is 6.29 Å². The summed E-state index contributed by atoms with van der Waals surface area (Å²) in [6, 6.07) is 8.12. The maximum Gasteiger partial charge on any atom is 0.201 e. The van der Waals surface area contributed by atoms with E-state index >= 15 is 0 Å². The number of aromatic nitrogens is 4. The van der Waals surface area contributed by atoms with Crippen molar-refractivity contribution in [2.45, 2.75) is 19.6 Å². The molecule has 4 aromatic rings. The molecule has 0 atom stereocenters. The lowest BCUT2D eigenvalue weighted by molar-refractivity contribution is -0.184. The van der Waals surface area contributed by atoms with E-state index in [2.05, 4.69) is 27.9 Å². The van der Waals surface area contributed by atoms with Crippen molar-refractivity contribution in [3.8, 4) is 21.1 Å². The summed E-state index contributed by atoms with van der Waals surface area (Å²) in [6.45, 7) is 3.41. The van der Waals surface area contributed by atoms with Gasteiger partial charge in [-0.25, -0.2) is 9.97 Å². The van der Waals surface area contributed by atoms with Gasteiger partial charge in [0.25, 0.3) is 0 Å². The molecule has 1 aliphatic heterocycles. The molecule has 0 amide bonds. The molecule has 4 aromatic heterocycles. The number of pyridine rings is 2. The van der Waals surface area contributed by atoms with Crippen molar-refractivity contribution < 1.29 is 9.47 Å². The van der Waals surface area contributed by atoms with Crippen LogP contribution in [0.4, 0.5) is 0 Å². The van der Waals surface area contributed by atoms with Crippen LogP contribution in [0.2, 0.25) is 0 Å². The minimum absolute atomic E-state index is 0.419.